The first-order chi connectivity index (χ1) is 10.5. The molecule has 1 unspecified atom stereocenters. The Labute approximate surface area is 132 Å². The number of benzene rings is 1. The number of anilines is 1. The quantitative estimate of drug-likeness (QED) is 0.837. The van der Waals surface area contributed by atoms with E-state index < -0.39 is 0 Å². The van der Waals surface area contributed by atoms with Gasteiger partial charge in [0.1, 0.15) is 0 Å². The Kier molecular flexibility index (Phi) is 5.57. The molecule has 1 fully saturated rings. The highest BCUT2D eigenvalue weighted by Crippen LogP contribution is 2.28. The molecule has 0 spiro atoms. The molecular formula is C15H18N2O4S. The molecule has 1 aliphatic heterocycles. The number of aliphatic hydroxyl groups is 1. The molecule has 1 aromatic carbocycles. The minimum Gasteiger partial charge on any atom is -0.395 e. The van der Waals surface area contributed by atoms with Crippen molar-refractivity contribution in [3.05, 3.63) is 29.8 Å². The summed E-state index contributed by atoms with van der Waals surface area (Å²) < 4.78 is 0. The van der Waals surface area contributed by atoms with Crippen molar-refractivity contribution in [2.24, 2.45) is 0 Å². The number of thioether (sulfide) groups is 1. The number of nitrogens with zero attached hydrogens (tertiary/aromatic N) is 1. The Morgan fingerprint density at radius 2 is 2.05 bits per heavy atom. The average Bonchev–Trinajstić information content (AvgIpc) is 2.84. The summed E-state index contributed by atoms with van der Waals surface area (Å²) in [4.78, 5) is 36.5. The van der Waals surface area contributed by atoms with Gasteiger partial charge in [-0.25, -0.2) is 0 Å². The molecule has 1 atom stereocenters. The van der Waals surface area contributed by atoms with E-state index in [0.717, 1.165) is 5.69 Å². The van der Waals surface area contributed by atoms with Crippen LogP contribution in [0.1, 0.15) is 23.7 Å². The van der Waals surface area contributed by atoms with E-state index in [4.69, 9.17) is 5.11 Å². The van der Waals surface area contributed by atoms with Crippen LogP contribution < -0.4 is 10.2 Å². The van der Waals surface area contributed by atoms with Crippen LogP contribution in [0.5, 0.6) is 0 Å². The third-order valence-corrected chi connectivity index (χ3v) is 4.24. The summed E-state index contributed by atoms with van der Waals surface area (Å²) >= 11 is 1.19. The summed E-state index contributed by atoms with van der Waals surface area (Å²) in [5.74, 6) is -0.283. The van der Waals surface area contributed by atoms with E-state index in [9.17, 15) is 14.4 Å². The fraction of sp³-hybridized carbons (Fsp3) is 0.400. The Morgan fingerprint density at radius 1 is 1.36 bits per heavy atom. The molecule has 0 saturated carbocycles. The molecule has 2 amide bonds. The SMILES string of the molecule is CC(=O)SC1CC(=O)N(c2ccc(C(=O)NCCO)cc2)C1. The summed E-state index contributed by atoms with van der Waals surface area (Å²) in [5, 5.41) is 11.2. The molecule has 0 radical (unpaired) electrons. The fourth-order valence-electron chi connectivity index (χ4n) is 2.30. The third-order valence-electron chi connectivity index (χ3n) is 3.26. The van der Waals surface area contributed by atoms with E-state index >= 15 is 0 Å². The highest BCUT2D eigenvalue weighted by atomic mass is 32.2. The summed E-state index contributed by atoms with van der Waals surface area (Å²) in [5.41, 5.74) is 1.19. The monoisotopic (exact) mass is 322 g/mol. The maximum absolute atomic E-state index is 12.0. The molecular weight excluding hydrogens is 304 g/mol. The molecule has 6 nitrogen and oxygen atoms in total. The Bertz CT molecular complexity index is 573. The lowest BCUT2D eigenvalue weighted by molar-refractivity contribution is -0.117. The third kappa shape index (κ3) is 4.08. The van der Waals surface area contributed by atoms with E-state index in [1.54, 1.807) is 29.2 Å². The first kappa shape index (κ1) is 16.5. The van der Waals surface area contributed by atoms with Crippen LogP contribution in [0.4, 0.5) is 5.69 Å². The van der Waals surface area contributed by atoms with Crippen LogP contribution in [0.15, 0.2) is 24.3 Å². The predicted octanol–water partition coefficient (Wildman–Crippen LogP) is 0.794. The maximum atomic E-state index is 12.0. The first-order valence-corrected chi connectivity index (χ1v) is 7.86. The van der Waals surface area contributed by atoms with Gasteiger partial charge in [0.05, 0.1) is 6.61 Å². The van der Waals surface area contributed by atoms with Crippen molar-refractivity contribution < 1.29 is 19.5 Å². The molecule has 22 heavy (non-hydrogen) atoms. The first-order valence-electron chi connectivity index (χ1n) is 6.98. The molecule has 1 saturated heterocycles. The number of rotatable bonds is 5. The highest BCUT2D eigenvalue weighted by Gasteiger charge is 2.31. The molecule has 1 heterocycles. The van der Waals surface area contributed by atoms with Crippen LogP contribution in [0.25, 0.3) is 0 Å². The van der Waals surface area contributed by atoms with Crippen molar-refractivity contribution >= 4 is 34.4 Å². The molecule has 2 N–H and O–H groups in total. The Hall–Kier alpha value is -1.86. The van der Waals surface area contributed by atoms with Crippen LogP contribution in [-0.2, 0) is 9.59 Å². The van der Waals surface area contributed by atoms with Gasteiger partial charge >= 0.3 is 0 Å². The van der Waals surface area contributed by atoms with E-state index in [1.807, 2.05) is 0 Å². The minimum atomic E-state index is -0.265. The fourth-order valence-corrected chi connectivity index (χ4v) is 3.22. The van der Waals surface area contributed by atoms with Crippen LogP contribution in [0.2, 0.25) is 0 Å². The minimum absolute atomic E-state index is 0.00977. The maximum Gasteiger partial charge on any atom is 0.251 e. The second kappa shape index (κ2) is 7.42. The van der Waals surface area contributed by atoms with Gasteiger partial charge in [0.15, 0.2) is 5.12 Å². The van der Waals surface area contributed by atoms with E-state index in [1.165, 1.54) is 18.7 Å². The van der Waals surface area contributed by atoms with E-state index in [-0.39, 0.29) is 35.3 Å². The highest BCUT2D eigenvalue weighted by molar-refractivity contribution is 8.14. The van der Waals surface area contributed by atoms with Crippen LogP contribution in [-0.4, -0.2) is 47.0 Å². The van der Waals surface area contributed by atoms with Gasteiger partial charge in [-0.1, -0.05) is 11.8 Å². The molecule has 0 aromatic heterocycles. The van der Waals surface area contributed by atoms with Gasteiger partial charge in [0.25, 0.3) is 5.91 Å². The van der Waals surface area contributed by atoms with Gasteiger partial charge in [-0.2, -0.15) is 0 Å². The zero-order chi connectivity index (χ0) is 16.1. The van der Waals surface area contributed by atoms with Crippen LogP contribution >= 0.6 is 11.8 Å². The Balaban J connectivity index is 2.03. The van der Waals surface area contributed by atoms with Crippen molar-refractivity contribution in [2.45, 2.75) is 18.6 Å². The zero-order valence-corrected chi connectivity index (χ0v) is 13.1. The normalized spacial score (nSPS) is 17.6. The second-order valence-corrected chi connectivity index (χ2v) is 6.44. The predicted molar refractivity (Wildman–Crippen MR) is 84.9 cm³/mol. The van der Waals surface area contributed by atoms with Crippen molar-refractivity contribution in [3.8, 4) is 0 Å². The van der Waals surface area contributed by atoms with E-state index in [2.05, 4.69) is 5.32 Å². The molecule has 118 valence electrons. The number of aliphatic hydroxyl groups excluding tert-OH is 1. The molecule has 7 heteroatoms. The van der Waals surface area contributed by atoms with Crippen LogP contribution in [0.3, 0.4) is 0 Å². The number of carbonyl (C=O) groups excluding carboxylic acids is 3. The molecule has 2 rings (SSSR count). The van der Waals surface area contributed by atoms with Crippen molar-refractivity contribution in [1.82, 2.24) is 5.32 Å². The van der Waals surface area contributed by atoms with Crippen molar-refractivity contribution in [1.29, 1.82) is 0 Å². The summed E-state index contributed by atoms with van der Waals surface area (Å²) in [6.45, 7) is 2.09. The van der Waals surface area contributed by atoms with Gasteiger partial charge < -0.3 is 15.3 Å². The van der Waals surface area contributed by atoms with E-state index in [0.29, 0.717) is 18.5 Å². The molecule has 0 aliphatic carbocycles. The smallest absolute Gasteiger partial charge is 0.251 e. The van der Waals surface area contributed by atoms with Gasteiger partial charge in [-0.05, 0) is 24.3 Å². The topological polar surface area (TPSA) is 86.7 Å². The lowest BCUT2D eigenvalue weighted by Crippen LogP contribution is -2.27. The lowest BCUT2D eigenvalue weighted by Gasteiger charge is -2.16. The van der Waals surface area contributed by atoms with Crippen molar-refractivity contribution in [2.75, 3.05) is 24.6 Å². The standard InChI is InChI=1S/C15H18N2O4S/c1-10(19)22-13-8-14(20)17(9-13)12-4-2-11(3-5-12)15(21)16-6-7-18/h2-5,13,18H,6-9H2,1H3,(H,16,21). The Morgan fingerprint density at radius 3 is 2.64 bits per heavy atom. The summed E-state index contributed by atoms with van der Waals surface area (Å²) in [7, 11) is 0. The second-order valence-electron chi connectivity index (χ2n) is 4.97. The summed E-state index contributed by atoms with van der Waals surface area (Å²) in [6, 6.07) is 6.71. The van der Waals surface area contributed by atoms with Gasteiger partial charge in [0.2, 0.25) is 5.91 Å². The largest absolute Gasteiger partial charge is 0.395 e. The number of amides is 2. The number of hydrogen-bond acceptors (Lipinski definition) is 5. The molecule has 1 aromatic rings. The number of carbonyl (C=O) groups is 3. The van der Waals surface area contributed by atoms with Crippen molar-refractivity contribution in [3.63, 3.8) is 0 Å². The molecule has 0 bridgehead atoms. The average molecular weight is 322 g/mol. The van der Waals surface area contributed by atoms with Crippen LogP contribution in [0, 0.1) is 0 Å². The van der Waals surface area contributed by atoms with Gasteiger partial charge in [-0.15, -0.1) is 0 Å². The number of nitrogens with one attached hydrogen (secondary N) is 1. The van der Waals surface area contributed by atoms with Gasteiger partial charge in [0, 0.05) is 42.9 Å². The summed E-state index contributed by atoms with van der Waals surface area (Å²) in [6.07, 6.45) is 0.350. The number of hydrogen-bond donors (Lipinski definition) is 2. The van der Waals surface area contributed by atoms with Gasteiger partial charge in [-0.3, -0.25) is 14.4 Å². The zero-order valence-electron chi connectivity index (χ0n) is 12.2. The molecule has 1 aliphatic rings. The lowest BCUT2D eigenvalue weighted by atomic mass is 10.2.